The predicted molar refractivity (Wildman–Crippen MR) is 106 cm³/mol. The lowest BCUT2D eigenvalue weighted by Gasteiger charge is -2.30. The van der Waals surface area contributed by atoms with E-state index in [1.807, 2.05) is 41.1 Å². The largest absolute Gasteiger partial charge is 0.369 e. The molecule has 4 rings (SSSR count). The number of benzene rings is 2. The molecule has 1 atom stereocenters. The van der Waals surface area contributed by atoms with Crippen LogP contribution in [0.2, 0.25) is 0 Å². The molecule has 0 spiro atoms. The highest BCUT2D eigenvalue weighted by Gasteiger charge is 2.25. The number of rotatable bonds is 5. The number of hydrogen-bond acceptors (Lipinski definition) is 3. The van der Waals surface area contributed by atoms with Crippen LogP contribution >= 0.6 is 0 Å². The smallest absolute Gasteiger partial charge is 0.221 e. The molecule has 0 saturated carbocycles. The van der Waals surface area contributed by atoms with E-state index in [0.717, 1.165) is 55.0 Å². The Hall–Kier alpha value is -2.92. The lowest BCUT2D eigenvalue weighted by atomic mass is 9.97. The zero-order valence-electron chi connectivity index (χ0n) is 15.3. The number of carbonyl (C=O) groups excluding carboxylic acids is 1. The second kappa shape index (κ2) is 7.76. The summed E-state index contributed by atoms with van der Waals surface area (Å²) in [5.74, 6) is -0.244. The van der Waals surface area contributed by atoms with Crippen LogP contribution in [-0.2, 0) is 11.3 Å². The number of piperidine rings is 1. The van der Waals surface area contributed by atoms with Crippen LogP contribution in [0.25, 0.3) is 16.9 Å². The van der Waals surface area contributed by atoms with Crippen LogP contribution in [0.5, 0.6) is 0 Å². The fourth-order valence-corrected chi connectivity index (χ4v) is 3.75. The molecule has 0 unspecified atom stereocenters. The summed E-state index contributed by atoms with van der Waals surface area (Å²) in [6.45, 7) is 2.47. The van der Waals surface area contributed by atoms with Crippen molar-refractivity contribution in [1.29, 1.82) is 0 Å². The Morgan fingerprint density at radius 2 is 1.78 bits per heavy atom. The summed E-state index contributed by atoms with van der Waals surface area (Å²) in [5, 5.41) is 4.87. The molecule has 27 heavy (non-hydrogen) atoms. The zero-order chi connectivity index (χ0) is 18.6. The summed E-state index contributed by atoms with van der Waals surface area (Å²) >= 11 is 0. The Balaban J connectivity index is 1.66. The van der Waals surface area contributed by atoms with Gasteiger partial charge in [-0.25, -0.2) is 4.68 Å². The van der Waals surface area contributed by atoms with Crippen molar-refractivity contribution in [2.24, 2.45) is 11.7 Å². The molecule has 2 N–H and O–H groups in total. The third kappa shape index (κ3) is 3.93. The van der Waals surface area contributed by atoms with E-state index in [4.69, 9.17) is 10.8 Å². The number of amides is 1. The quantitative estimate of drug-likeness (QED) is 0.760. The molecule has 0 bridgehead atoms. The standard InChI is InChI=1S/C22H24N4O/c23-22(27)18-10-7-13-25(14-18)15-19-16-26(20-11-5-2-6-12-20)24-21(19)17-8-3-1-4-9-17/h1-6,8-9,11-12,16,18H,7,10,13-15H2,(H2,23,27)/t18-/m1/s1. The molecular formula is C22H24N4O. The molecule has 1 aliphatic heterocycles. The minimum Gasteiger partial charge on any atom is -0.369 e. The highest BCUT2D eigenvalue weighted by molar-refractivity contribution is 5.77. The number of carbonyl (C=O) groups is 1. The fraction of sp³-hybridized carbons (Fsp3) is 0.273. The molecule has 0 aliphatic carbocycles. The van der Waals surface area contributed by atoms with Crippen molar-refractivity contribution in [3.63, 3.8) is 0 Å². The van der Waals surface area contributed by atoms with Crippen LogP contribution in [0.1, 0.15) is 18.4 Å². The Bertz CT molecular complexity index is 905. The molecule has 3 aromatic rings. The average molecular weight is 360 g/mol. The van der Waals surface area contributed by atoms with Gasteiger partial charge in [0.1, 0.15) is 0 Å². The number of hydrogen-bond donors (Lipinski definition) is 1. The molecule has 1 aromatic heterocycles. The summed E-state index contributed by atoms with van der Waals surface area (Å²) in [4.78, 5) is 13.9. The van der Waals surface area contributed by atoms with Gasteiger partial charge in [-0.2, -0.15) is 5.10 Å². The number of primary amides is 1. The second-order valence-corrected chi connectivity index (χ2v) is 7.13. The van der Waals surface area contributed by atoms with Crippen molar-refractivity contribution in [2.75, 3.05) is 13.1 Å². The summed E-state index contributed by atoms with van der Waals surface area (Å²) in [5.41, 5.74) is 9.83. The third-order valence-corrected chi connectivity index (χ3v) is 5.16. The van der Waals surface area contributed by atoms with Gasteiger partial charge in [0.05, 0.1) is 17.3 Å². The normalized spacial score (nSPS) is 17.7. The van der Waals surface area contributed by atoms with E-state index in [2.05, 4.69) is 35.4 Å². The molecule has 1 amide bonds. The SMILES string of the molecule is NC(=O)[C@@H]1CCCN(Cc2cn(-c3ccccc3)nc2-c2ccccc2)C1. The number of nitrogens with zero attached hydrogens (tertiary/aromatic N) is 3. The predicted octanol–water partition coefficient (Wildman–Crippen LogP) is 3.24. The summed E-state index contributed by atoms with van der Waals surface area (Å²) in [6, 6.07) is 20.4. The van der Waals surface area contributed by atoms with Gasteiger partial charge < -0.3 is 5.73 Å². The van der Waals surface area contributed by atoms with Gasteiger partial charge in [-0.3, -0.25) is 9.69 Å². The highest BCUT2D eigenvalue weighted by Crippen LogP contribution is 2.26. The van der Waals surface area contributed by atoms with Crippen LogP contribution in [0, 0.1) is 5.92 Å². The molecule has 1 fully saturated rings. The number of aromatic nitrogens is 2. The summed E-state index contributed by atoms with van der Waals surface area (Å²) in [6.07, 6.45) is 3.99. The van der Waals surface area contributed by atoms with Crippen molar-refractivity contribution in [3.05, 3.63) is 72.4 Å². The van der Waals surface area contributed by atoms with Crippen LogP contribution in [0.3, 0.4) is 0 Å². The third-order valence-electron chi connectivity index (χ3n) is 5.16. The molecule has 1 aliphatic rings. The van der Waals surface area contributed by atoms with Crippen molar-refractivity contribution in [1.82, 2.24) is 14.7 Å². The van der Waals surface area contributed by atoms with Crippen LogP contribution < -0.4 is 5.73 Å². The topological polar surface area (TPSA) is 64.2 Å². The maximum atomic E-state index is 11.6. The van der Waals surface area contributed by atoms with Gasteiger partial charge in [0, 0.05) is 30.4 Å². The highest BCUT2D eigenvalue weighted by atomic mass is 16.1. The first kappa shape index (κ1) is 17.5. The maximum Gasteiger partial charge on any atom is 0.221 e. The van der Waals surface area contributed by atoms with Gasteiger partial charge in [-0.1, -0.05) is 48.5 Å². The van der Waals surface area contributed by atoms with Gasteiger partial charge in [-0.05, 0) is 31.5 Å². The zero-order valence-corrected chi connectivity index (χ0v) is 15.3. The monoisotopic (exact) mass is 360 g/mol. The van der Waals surface area contributed by atoms with Crippen molar-refractivity contribution in [3.8, 4) is 16.9 Å². The Morgan fingerprint density at radius 1 is 1.07 bits per heavy atom. The number of likely N-dealkylation sites (tertiary alicyclic amines) is 1. The summed E-state index contributed by atoms with van der Waals surface area (Å²) in [7, 11) is 0. The fourth-order valence-electron chi connectivity index (χ4n) is 3.75. The molecule has 5 heteroatoms. The van der Waals surface area contributed by atoms with Crippen molar-refractivity contribution in [2.45, 2.75) is 19.4 Å². The van der Waals surface area contributed by atoms with Gasteiger partial charge in [0.2, 0.25) is 5.91 Å². The van der Waals surface area contributed by atoms with Crippen LogP contribution in [0.15, 0.2) is 66.9 Å². The van der Waals surface area contributed by atoms with E-state index in [-0.39, 0.29) is 11.8 Å². The van der Waals surface area contributed by atoms with Gasteiger partial charge in [0.15, 0.2) is 0 Å². The lowest BCUT2D eigenvalue weighted by Crippen LogP contribution is -2.40. The summed E-state index contributed by atoms with van der Waals surface area (Å²) < 4.78 is 1.94. The Morgan fingerprint density at radius 3 is 2.48 bits per heavy atom. The van der Waals surface area contributed by atoms with E-state index in [1.165, 1.54) is 0 Å². The van der Waals surface area contributed by atoms with E-state index >= 15 is 0 Å². The molecule has 2 aromatic carbocycles. The van der Waals surface area contributed by atoms with Gasteiger partial charge in [-0.15, -0.1) is 0 Å². The van der Waals surface area contributed by atoms with Gasteiger partial charge in [0.25, 0.3) is 0 Å². The van der Waals surface area contributed by atoms with E-state index < -0.39 is 0 Å². The Labute approximate surface area is 159 Å². The lowest BCUT2D eigenvalue weighted by molar-refractivity contribution is -0.123. The first-order valence-corrected chi connectivity index (χ1v) is 9.42. The van der Waals surface area contributed by atoms with E-state index in [9.17, 15) is 4.79 Å². The molecule has 0 radical (unpaired) electrons. The van der Waals surface area contributed by atoms with Gasteiger partial charge >= 0.3 is 0 Å². The van der Waals surface area contributed by atoms with Crippen molar-refractivity contribution < 1.29 is 4.79 Å². The van der Waals surface area contributed by atoms with Crippen LogP contribution in [0.4, 0.5) is 0 Å². The molecule has 2 heterocycles. The number of para-hydroxylation sites is 1. The molecule has 5 nitrogen and oxygen atoms in total. The number of nitrogens with two attached hydrogens (primary N) is 1. The minimum atomic E-state index is -0.192. The molecule has 1 saturated heterocycles. The van der Waals surface area contributed by atoms with E-state index in [1.54, 1.807) is 0 Å². The first-order valence-electron chi connectivity index (χ1n) is 9.42. The second-order valence-electron chi connectivity index (χ2n) is 7.13. The average Bonchev–Trinajstić information content (AvgIpc) is 3.13. The minimum absolute atomic E-state index is 0.0527. The maximum absolute atomic E-state index is 11.6. The van der Waals surface area contributed by atoms with E-state index in [0.29, 0.717) is 0 Å². The molecule has 138 valence electrons. The Kier molecular flexibility index (Phi) is 5.03. The van der Waals surface area contributed by atoms with Crippen LogP contribution in [-0.4, -0.2) is 33.7 Å². The first-order chi connectivity index (χ1) is 13.2. The van der Waals surface area contributed by atoms with Crippen molar-refractivity contribution >= 4 is 5.91 Å². The molecular weight excluding hydrogens is 336 g/mol.